The maximum atomic E-state index is 5.83. The Bertz CT molecular complexity index is 655. The summed E-state index contributed by atoms with van der Waals surface area (Å²) in [5.74, 6) is 6.29. The standard InChI is InChI=1S/C18H25NOSi/c1-5-6-7-16-8-9-18-17(14-16)10-11-19(18)15-20-12-13-21(2,3)4/h8-11,14H,5,12-13,15H2,1-4H3. The molecule has 112 valence electrons. The summed E-state index contributed by atoms with van der Waals surface area (Å²) in [6, 6.07) is 9.72. The van der Waals surface area contributed by atoms with Crippen LogP contribution in [0.3, 0.4) is 0 Å². The van der Waals surface area contributed by atoms with E-state index in [4.69, 9.17) is 4.74 Å². The van der Waals surface area contributed by atoms with Crippen molar-refractivity contribution in [1.82, 2.24) is 4.57 Å². The topological polar surface area (TPSA) is 14.2 Å². The quantitative estimate of drug-likeness (QED) is 0.443. The molecule has 0 unspecified atom stereocenters. The van der Waals surface area contributed by atoms with E-state index < -0.39 is 8.07 Å². The first-order valence-electron chi connectivity index (χ1n) is 7.65. The van der Waals surface area contributed by atoms with Gasteiger partial charge in [0.2, 0.25) is 0 Å². The molecule has 21 heavy (non-hydrogen) atoms. The fourth-order valence-electron chi connectivity index (χ4n) is 2.12. The van der Waals surface area contributed by atoms with Gasteiger partial charge >= 0.3 is 0 Å². The zero-order valence-electron chi connectivity index (χ0n) is 13.6. The average Bonchev–Trinajstić information content (AvgIpc) is 2.83. The van der Waals surface area contributed by atoms with Gasteiger partial charge in [0, 0.05) is 38.2 Å². The predicted octanol–water partition coefficient (Wildman–Crippen LogP) is 4.72. The number of nitrogens with zero attached hydrogens (tertiary/aromatic N) is 1. The fraction of sp³-hybridized carbons (Fsp3) is 0.444. The van der Waals surface area contributed by atoms with E-state index >= 15 is 0 Å². The van der Waals surface area contributed by atoms with Crippen molar-refractivity contribution in [1.29, 1.82) is 0 Å². The van der Waals surface area contributed by atoms with Gasteiger partial charge in [0.15, 0.2) is 0 Å². The van der Waals surface area contributed by atoms with E-state index in [2.05, 4.69) is 73.4 Å². The molecular formula is C18H25NOSi. The predicted molar refractivity (Wildman–Crippen MR) is 93.2 cm³/mol. The van der Waals surface area contributed by atoms with Crippen molar-refractivity contribution in [3.05, 3.63) is 36.0 Å². The van der Waals surface area contributed by atoms with Crippen LogP contribution in [0.2, 0.25) is 25.7 Å². The molecule has 1 heterocycles. The Morgan fingerprint density at radius 1 is 1.19 bits per heavy atom. The molecule has 0 amide bonds. The van der Waals surface area contributed by atoms with Gasteiger partial charge in [0.05, 0.1) is 5.52 Å². The molecule has 0 saturated carbocycles. The van der Waals surface area contributed by atoms with Gasteiger partial charge in [0.1, 0.15) is 6.73 Å². The highest BCUT2D eigenvalue weighted by Crippen LogP contribution is 2.18. The number of benzene rings is 1. The summed E-state index contributed by atoms with van der Waals surface area (Å²) in [7, 11) is -1.00. The van der Waals surface area contributed by atoms with Gasteiger partial charge in [-0.15, -0.1) is 0 Å². The second-order valence-electron chi connectivity index (χ2n) is 6.56. The zero-order chi connectivity index (χ0) is 15.3. The molecule has 3 heteroatoms. The molecule has 0 aliphatic carbocycles. The van der Waals surface area contributed by atoms with Gasteiger partial charge in [-0.2, -0.15) is 0 Å². The lowest BCUT2D eigenvalue weighted by atomic mass is 10.1. The number of ether oxygens (including phenoxy) is 1. The molecule has 0 radical (unpaired) electrons. The van der Waals surface area contributed by atoms with Crippen LogP contribution in [-0.2, 0) is 11.5 Å². The van der Waals surface area contributed by atoms with Crippen LogP contribution < -0.4 is 0 Å². The highest BCUT2D eigenvalue weighted by molar-refractivity contribution is 6.76. The molecule has 2 nitrogen and oxygen atoms in total. The van der Waals surface area contributed by atoms with Crippen molar-refractivity contribution in [3.8, 4) is 11.8 Å². The SMILES string of the molecule is CCC#Cc1ccc2c(ccn2COCC[Si](C)(C)C)c1. The molecule has 2 aromatic rings. The third-order valence-electron chi connectivity index (χ3n) is 3.41. The second kappa shape index (κ2) is 6.97. The van der Waals surface area contributed by atoms with Crippen molar-refractivity contribution in [2.24, 2.45) is 0 Å². The first-order valence-corrected chi connectivity index (χ1v) is 11.4. The maximum absolute atomic E-state index is 5.83. The minimum absolute atomic E-state index is 0.633. The summed E-state index contributed by atoms with van der Waals surface area (Å²) in [5, 5.41) is 1.23. The third kappa shape index (κ3) is 4.77. The lowest BCUT2D eigenvalue weighted by Gasteiger charge is -2.15. The van der Waals surface area contributed by atoms with Crippen LogP contribution in [0.15, 0.2) is 30.5 Å². The fourth-order valence-corrected chi connectivity index (χ4v) is 2.88. The summed E-state index contributed by atoms with van der Waals surface area (Å²) in [6.07, 6.45) is 2.99. The number of hydrogen-bond donors (Lipinski definition) is 0. The third-order valence-corrected chi connectivity index (χ3v) is 5.11. The van der Waals surface area contributed by atoms with E-state index in [0.717, 1.165) is 18.6 Å². The summed E-state index contributed by atoms with van der Waals surface area (Å²) < 4.78 is 7.99. The van der Waals surface area contributed by atoms with Crippen LogP contribution in [-0.4, -0.2) is 19.2 Å². The Hall–Kier alpha value is -1.50. The zero-order valence-corrected chi connectivity index (χ0v) is 14.6. The molecule has 2 rings (SSSR count). The Labute approximate surface area is 129 Å². The Balaban J connectivity index is 2.02. The van der Waals surface area contributed by atoms with Crippen molar-refractivity contribution < 1.29 is 4.74 Å². The molecule has 1 aromatic carbocycles. The normalized spacial score (nSPS) is 11.4. The maximum Gasteiger partial charge on any atom is 0.122 e. The van der Waals surface area contributed by atoms with Crippen LogP contribution in [0.25, 0.3) is 10.9 Å². The first-order chi connectivity index (χ1) is 9.99. The molecule has 0 aliphatic heterocycles. The molecule has 0 N–H and O–H groups in total. The largest absolute Gasteiger partial charge is 0.361 e. The molecule has 0 atom stereocenters. The Morgan fingerprint density at radius 3 is 2.71 bits per heavy atom. The second-order valence-corrected chi connectivity index (χ2v) is 12.2. The number of rotatable bonds is 5. The minimum atomic E-state index is -1.00. The Kier molecular flexibility index (Phi) is 5.27. The van der Waals surface area contributed by atoms with E-state index in [1.807, 2.05) is 0 Å². The van der Waals surface area contributed by atoms with Crippen LogP contribution in [0.5, 0.6) is 0 Å². The Morgan fingerprint density at radius 2 is 2.00 bits per heavy atom. The van der Waals surface area contributed by atoms with Crippen molar-refractivity contribution in [3.63, 3.8) is 0 Å². The average molecular weight is 299 g/mol. The first kappa shape index (κ1) is 15.9. The summed E-state index contributed by atoms with van der Waals surface area (Å²) in [4.78, 5) is 0. The van der Waals surface area contributed by atoms with Crippen LogP contribution in [0, 0.1) is 11.8 Å². The molecule has 0 spiro atoms. The number of hydrogen-bond acceptors (Lipinski definition) is 1. The van der Waals surface area contributed by atoms with Gasteiger partial charge in [0.25, 0.3) is 0 Å². The van der Waals surface area contributed by atoms with E-state index in [1.165, 1.54) is 16.9 Å². The van der Waals surface area contributed by atoms with E-state index in [0.29, 0.717) is 6.73 Å². The van der Waals surface area contributed by atoms with Gasteiger partial charge in [-0.1, -0.05) is 38.4 Å². The van der Waals surface area contributed by atoms with Crippen molar-refractivity contribution >= 4 is 19.0 Å². The van der Waals surface area contributed by atoms with E-state index in [1.54, 1.807) is 0 Å². The lowest BCUT2D eigenvalue weighted by molar-refractivity contribution is 0.0902. The molecule has 0 bridgehead atoms. The van der Waals surface area contributed by atoms with Gasteiger partial charge in [-0.3, -0.25) is 0 Å². The van der Waals surface area contributed by atoms with Crippen LogP contribution >= 0.6 is 0 Å². The molecule has 0 fully saturated rings. The molecule has 0 saturated heterocycles. The van der Waals surface area contributed by atoms with E-state index in [9.17, 15) is 0 Å². The van der Waals surface area contributed by atoms with Gasteiger partial charge < -0.3 is 9.30 Å². The van der Waals surface area contributed by atoms with Crippen LogP contribution in [0.1, 0.15) is 18.9 Å². The van der Waals surface area contributed by atoms with E-state index in [-0.39, 0.29) is 0 Å². The van der Waals surface area contributed by atoms with Gasteiger partial charge in [-0.05, 0) is 30.3 Å². The van der Waals surface area contributed by atoms with Crippen LogP contribution in [0.4, 0.5) is 0 Å². The van der Waals surface area contributed by atoms with Crippen molar-refractivity contribution in [2.75, 3.05) is 6.61 Å². The summed E-state index contributed by atoms with van der Waals surface area (Å²) in [6.45, 7) is 10.7. The summed E-state index contributed by atoms with van der Waals surface area (Å²) in [5.41, 5.74) is 2.30. The number of fused-ring (bicyclic) bond motifs is 1. The molecular weight excluding hydrogens is 274 g/mol. The highest BCUT2D eigenvalue weighted by Gasteiger charge is 2.12. The monoisotopic (exact) mass is 299 g/mol. The number of aromatic nitrogens is 1. The highest BCUT2D eigenvalue weighted by atomic mass is 28.3. The lowest BCUT2D eigenvalue weighted by Crippen LogP contribution is -2.21. The smallest absolute Gasteiger partial charge is 0.122 e. The summed E-state index contributed by atoms with van der Waals surface area (Å²) >= 11 is 0. The molecule has 0 aliphatic rings. The molecule has 1 aromatic heterocycles. The van der Waals surface area contributed by atoms with Crippen molar-refractivity contribution in [2.45, 2.75) is 45.8 Å². The van der Waals surface area contributed by atoms with Gasteiger partial charge in [-0.25, -0.2) is 0 Å². The minimum Gasteiger partial charge on any atom is -0.361 e.